The number of nitriles is 1. The Labute approximate surface area is 619 Å². The van der Waals surface area contributed by atoms with Gasteiger partial charge in [0, 0.05) is 46.2 Å². The Balaban J connectivity index is 0.00000955. The summed E-state index contributed by atoms with van der Waals surface area (Å²) in [5, 5.41) is 76.5. The number of hydrogen-bond donors (Lipinski definition) is 15. The van der Waals surface area contributed by atoms with E-state index in [1.165, 1.54) is 94.0 Å². The first-order chi connectivity index (χ1) is 48.8. The molecule has 35 nitrogen and oxygen atoms in total. The highest BCUT2D eigenvalue weighted by Crippen LogP contribution is 2.27. The lowest BCUT2D eigenvalue weighted by Crippen LogP contribution is -2.66. The number of nitrogens with one attached hydrogen (secondary N) is 11. The van der Waals surface area contributed by atoms with Crippen LogP contribution in [-0.4, -0.2) is 226 Å². The molecule has 0 radical (unpaired) electrons. The molecule has 16 N–H and O–H groups in total. The van der Waals surface area contributed by atoms with Gasteiger partial charge >= 0.3 is 0 Å². The molecule has 590 valence electrons. The monoisotopic (exact) mass is 1490 g/mol. The van der Waals surface area contributed by atoms with Gasteiger partial charge in [-0.15, -0.1) is 5.10 Å². The lowest BCUT2D eigenvalue weighted by molar-refractivity contribution is -0.147. The molecular weight excluding hydrogens is 1380 g/mol. The minimum Gasteiger partial charge on any atom is -0.394 e. The number of carbonyl (C=O) groups is 14. The van der Waals surface area contributed by atoms with Crippen LogP contribution in [0.15, 0.2) is 36.5 Å². The molecule has 9 atom stereocenters. The molecule has 2 aromatic rings. The van der Waals surface area contributed by atoms with E-state index < -0.39 is 203 Å². The number of nitrogens with zero attached hydrogens (tertiary/aromatic N) is 6. The Kier molecular flexibility index (Phi) is 32.5. The molecule has 0 bridgehead atoms. The average Bonchev–Trinajstić information content (AvgIpc) is 1.60. The van der Waals surface area contributed by atoms with E-state index in [1.807, 2.05) is 30.3 Å². The van der Waals surface area contributed by atoms with Crippen LogP contribution in [0, 0.1) is 29.1 Å². The number of benzene rings is 1. The number of nitrogens with two attached hydrogens (primary N) is 1. The van der Waals surface area contributed by atoms with Gasteiger partial charge < -0.3 is 89.3 Å². The molecule has 1 aromatic heterocycles. The van der Waals surface area contributed by atoms with Gasteiger partial charge in [-0.25, -0.2) is 4.68 Å². The zero-order chi connectivity index (χ0) is 81.1. The van der Waals surface area contributed by atoms with Gasteiger partial charge in [0.25, 0.3) is 0 Å². The van der Waals surface area contributed by atoms with Crippen LogP contribution in [-0.2, 0) is 84.6 Å². The van der Waals surface area contributed by atoms with Crippen LogP contribution in [0.5, 0.6) is 0 Å². The van der Waals surface area contributed by atoms with Gasteiger partial charge in [0.1, 0.15) is 69.6 Å². The number of carbonyl (C=O) groups excluding carboxylic acids is 14. The van der Waals surface area contributed by atoms with E-state index in [2.05, 4.69) is 68.8 Å². The number of likely N-dealkylation sites (tertiary alicyclic amines) is 2. The second kappa shape index (κ2) is 38.0. The molecule has 106 heavy (non-hydrogen) atoms. The molecule has 1 aromatic carbocycles. The highest BCUT2D eigenvalue weighted by Gasteiger charge is 2.50. The quantitative estimate of drug-likeness (QED) is 0.0349. The number of amides is 14. The molecule has 2 saturated heterocycles. The lowest BCUT2D eigenvalue weighted by atomic mass is 9.96. The van der Waals surface area contributed by atoms with Crippen molar-refractivity contribution in [2.24, 2.45) is 23.5 Å². The second-order valence-electron chi connectivity index (χ2n) is 31.3. The highest BCUT2D eigenvalue weighted by atomic mass is 16.3. The first-order valence-electron chi connectivity index (χ1n) is 35.3. The van der Waals surface area contributed by atoms with Crippen molar-refractivity contribution >= 4 is 82.7 Å². The van der Waals surface area contributed by atoms with Crippen LogP contribution >= 0.6 is 0 Å². The first-order valence-corrected chi connectivity index (χ1v) is 35.3. The summed E-state index contributed by atoms with van der Waals surface area (Å²) < 4.78 is 1.27. The molecule has 0 unspecified atom stereocenters. The second-order valence-corrected chi connectivity index (χ2v) is 31.3. The summed E-state index contributed by atoms with van der Waals surface area (Å²) in [6, 6.07) is 2.40. The highest BCUT2D eigenvalue weighted by molar-refractivity contribution is 6.02. The SMILES string of the molecule is CC#N.CC(=O)N[C@H](C(=O)NC(C)(C)c1cn(C(C)(C)C(=O)N[C@H](C(=O)NCC(=O)N[C@@H](CC(C)C)C(=O)NC(C)(C)C(=O)NC(C)(C)C(=O)N2C[C@H](O)C[C@H]2C(=O)N[C@@H](CCC(N)=O)C(=O)NC(C)(C)C(=O)N2C[C@H](O)C[C@H]2C(=O)NC(C)(C)C(=O)N[C@H](CO)Cc2ccccc2)C(C)C)nn1)C(C)C. The van der Waals surface area contributed by atoms with Crippen molar-refractivity contribution in [1.29, 1.82) is 5.26 Å². The summed E-state index contributed by atoms with van der Waals surface area (Å²) in [6.45, 7) is 28.5. The summed E-state index contributed by atoms with van der Waals surface area (Å²) in [6.07, 6.45) is -2.16. The number of hydrogen-bond acceptors (Lipinski definition) is 20. The molecule has 4 rings (SSSR count). The van der Waals surface area contributed by atoms with Crippen molar-refractivity contribution < 1.29 is 82.4 Å². The minimum atomic E-state index is -1.88. The Hall–Kier alpha value is -9.69. The molecule has 35 heteroatoms. The first kappa shape index (κ1) is 90.5. The van der Waals surface area contributed by atoms with Crippen LogP contribution in [0.25, 0.3) is 0 Å². The predicted molar refractivity (Wildman–Crippen MR) is 386 cm³/mol. The van der Waals surface area contributed by atoms with Crippen molar-refractivity contribution in [3.05, 3.63) is 47.8 Å². The van der Waals surface area contributed by atoms with Gasteiger partial charge in [0.05, 0.1) is 49.2 Å². The van der Waals surface area contributed by atoms with Crippen LogP contribution in [0.2, 0.25) is 0 Å². The van der Waals surface area contributed by atoms with E-state index in [4.69, 9.17) is 11.0 Å². The molecule has 3 heterocycles. The standard InChI is InChI=1S/C69H111N17O17.C2H3N/c1-36(2)27-45(74-50(92)31-71-57(97)51(37(3)4)76-61(101)69(18,19)86-34-48(82-83-86)64(8,9)80-58(98)52(38(5)6)72-39(7)88)54(94)77-66(12,13)60(100)81-68(16,17)63(103)84-32-42(89)29-46(84)55(95)75-44(25-26-49(70)91)53(93)78-67(14,15)62(102)85-33-43(90)30-47(85)56(96)79-65(10,11)59(99)73-41(35-87)28-40-23-21-20-22-24-40;1-2-3/h20-24,34,36-38,41-47,51-52,87,89-90H,25-33,35H2,1-19H3,(H2,70,91)(H,71,97)(H,72,88)(H,73,99)(H,74,92)(H,75,95)(H,76,101)(H,77,94)(H,78,93)(H,79,96)(H,80,98)(H,81,100);1H3/t41-,42+,43+,44-,45-,46-,47-,51-,52-;/m0./s1. The zero-order valence-corrected chi connectivity index (χ0v) is 64.8. The number of rotatable bonds is 35. The maximum atomic E-state index is 14.5. The fourth-order valence-electron chi connectivity index (χ4n) is 11.6. The number of aliphatic hydroxyl groups excluding tert-OH is 3. The van der Waals surface area contributed by atoms with Gasteiger partial charge in [0.2, 0.25) is 82.7 Å². The fraction of sp³-hybridized carbons (Fsp3) is 0.676. The van der Waals surface area contributed by atoms with Gasteiger partial charge in [-0.1, -0.05) is 77.1 Å². The third-order valence-corrected chi connectivity index (χ3v) is 17.8. The predicted octanol–water partition coefficient (Wildman–Crippen LogP) is -2.18. The average molecular weight is 1490 g/mol. The fourth-order valence-corrected chi connectivity index (χ4v) is 11.6. The summed E-state index contributed by atoms with van der Waals surface area (Å²) >= 11 is 0. The summed E-state index contributed by atoms with van der Waals surface area (Å²) in [5.41, 5.74) is -3.14. The van der Waals surface area contributed by atoms with Gasteiger partial charge in [0.15, 0.2) is 0 Å². The Morgan fingerprint density at radius 3 is 1.59 bits per heavy atom. The van der Waals surface area contributed by atoms with Crippen LogP contribution < -0.4 is 64.2 Å². The van der Waals surface area contributed by atoms with E-state index in [-0.39, 0.29) is 55.7 Å². The van der Waals surface area contributed by atoms with Crippen molar-refractivity contribution in [1.82, 2.24) is 83.3 Å². The minimum absolute atomic E-state index is 0.0508. The molecule has 14 amide bonds. The molecule has 0 spiro atoms. The third-order valence-electron chi connectivity index (χ3n) is 17.8. The summed E-state index contributed by atoms with van der Waals surface area (Å²) in [7, 11) is 0. The van der Waals surface area contributed by atoms with Crippen molar-refractivity contribution in [3.63, 3.8) is 0 Å². The van der Waals surface area contributed by atoms with E-state index in [0.29, 0.717) is 0 Å². The smallest absolute Gasteiger partial charge is 0.248 e. The van der Waals surface area contributed by atoms with Crippen LogP contribution in [0.4, 0.5) is 0 Å². The molecule has 0 saturated carbocycles. The molecule has 0 aliphatic carbocycles. The molecule has 2 aliphatic rings. The van der Waals surface area contributed by atoms with Crippen LogP contribution in [0.3, 0.4) is 0 Å². The number of primary amides is 1. The van der Waals surface area contributed by atoms with Crippen molar-refractivity contribution in [2.75, 3.05) is 26.2 Å². The normalized spacial score (nSPS) is 17.7. The van der Waals surface area contributed by atoms with Gasteiger partial charge in [-0.3, -0.25) is 67.1 Å². The van der Waals surface area contributed by atoms with Crippen molar-refractivity contribution in [3.8, 4) is 6.07 Å². The molecule has 2 aliphatic heterocycles. The number of aromatic nitrogens is 3. The van der Waals surface area contributed by atoms with Crippen LogP contribution in [0.1, 0.15) is 182 Å². The van der Waals surface area contributed by atoms with Gasteiger partial charge in [-0.2, -0.15) is 5.26 Å². The summed E-state index contributed by atoms with van der Waals surface area (Å²) in [4.78, 5) is 194. The summed E-state index contributed by atoms with van der Waals surface area (Å²) in [5.74, 6) is -11.8. The Morgan fingerprint density at radius 2 is 1.09 bits per heavy atom. The number of aliphatic hydroxyl groups is 3. The van der Waals surface area contributed by atoms with Crippen molar-refractivity contribution in [2.45, 2.75) is 265 Å². The third kappa shape index (κ3) is 25.8. The molecule has 2 fully saturated rings. The number of β-amino-alcohol motifs (C(OH)–C–C–N with tert-alkyl or cyclic N) is 2. The zero-order valence-electron chi connectivity index (χ0n) is 64.8. The Bertz CT molecular complexity index is 3540. The Morgan fingerprint density at radius 1 is 0.604 bits per heavy atom. The topological polar surface area (TPSA) is 519 Å². The molecular formula is C71H114N18O17. The largest absolute Gasteiger partial charge is 0.394 e. The van der Waals surface area contributed by atoms with E-state index in [1.54, 1.807) is 61.5 Å². The van der Waals surface area contributed by atoms with E-state index >= 15 is 0 Å². The van der Waals surface area contributed by atoms with Gasteiger partial charge in [-0.05, 0) is 126 Å². The van der Waals surface area contributed by atoms with E-state index in [9.17, 15) is 82.4 Å². The van der Waals surface area contributed by atoms with E-state index in [0.717, 1.165) is 15.4 Å². The maximum Gasteiger partial charge on any atom is 0.248 e. The lowest BCUT2D eigenvalue weighted by Gasteiger charge is -2.37. The maximum absolute atomic E-state index is 14.5.